The first kappa shape index (κ1) is 17.2. The maximum atomic E-state index is 4.66. The van der Waals surface area contributed by atoms with Crippen LogP contribution in [0, 0.1) is 0 Å². The van der Waals surface area contributed by atoms with E-state index in [-0.39, 0.29) is 0 Å². The Labute approximate surface area is 168 Å². The van der Waals surface area contributed by atoms with Crippen molar-refractivity contribution in [3.8, 4) is 22.5 Å². The van der Waals surface area contributed by atoms with Gasteiger partial charge in [-0.25, -0.2) is 4.98 Å². The van der Waals surface area contributed by atoms with E-state index in [1.165, 1.54) is 11.1 Å². The molecule has 0 aliphatic heterocycles. The smallest absolute Gasteiger partial charge is 0.140 e. The molecular formula is C23H20N6. The number of fused-ring (bicyclic) bond motifs is 1. The molecule has 0 fully saturated rings. The van der Waals surface area contributed by atoms with Crippen LogP contribution in [-0.4, -0.2) is 24.7 Å². The SMILES string of the molecule is Cn1cc(-c2cccc(CNc3ccc4nc(-c5cccnc5)[nH]c4c3)c2)cn1. The summed E-state index contributed by atoms with van der Waals surface area (Å²) in [6, 6.07) is 18.6. The molecule has 3 heterocycles. The van der Waals surface area contributed by atoms with E-state index in [4.69, 9.17) is 0 Å². The maximum absolute atomic E-state index is 4.66. The molecule has 0 amide bonds. The molecule has 3 aromatic heterocycles. The fourth-order valence-electron chi connectivity index (χ4n) is 3.39. The zero-order chi connectivity index (χ0) is 19.6. The molecule has 0 saturated carbocycles. The van der Waals surface area contributed by atoms with Crippen LogP contribution < -0.4 is 5.32 Å². The van der Waals surface area contributed by atoms with E-state index in [0.29, 0.717) is 0 Å². The molecular weight excluding hydrogens is 360 g/mol. The Morgan fingerprint density at radius 3 is 2.72 bits per heavy atom. The lowest BCUT2D eigenvalue weighted by atomic mass is 10.1. The molecule has 2 N–H and O–H groups in total. The van der Waals surface area contributed by atoms with Gasteiger partial charge >= 0.3 is 0 Å². The third-order valence-electron chi connectivity index (χ3n) is 4.88. The molecule has 0 aliphatic rings. The molecule has 0 atom stereocenters. The van der Waals surface area contributed by atoms with Gasteiger partial charge in [0.25, 0.3) is 0 Å². The van der Waals surface area contributed by atoms with Crippen LogP contribution in [0.1, 0.15) is 5.56 Å². The number of imidazole rings is 1. The van der Waals surface area contributed by atoms with Crippen molar-refractivity contribution in [3.05, 3.63) is 84.9 Å². The molecule has 0 bridgehead atoms. The van der Waals surface area contributed by atoms with Crippen molar-refractivity contribution in [2.24, 2.45) is 7.05 Å². The van der Waals surface area contributed by atoms with Gasteiger partial charge in [-0.15, -0.1) is 0 Å². The zero-order valence-electron chi connectivity index (χ0n) is 16.0. The first-order chi connectivity index (χ1) is 14.2. The predicted molar refractivity (Wildman–Crippen MR) is 115 cm³/mol. The van der Waals surface area contributed by atoms with Gasteiger partial charge in [0.2, 0.25) is 0 Å². The molecule has 142 valence electrons. The molecule has 0 radical (unpaired) electrons. The Morgan fingerprint density at radius 2 is 1.90 bits per heavy atom. The van der Waals surface area contributed by atoms with Crippen LogP contribution in [0.5, 0.6) is 0 Å². The van der Waals surface area contributed by atoms with Gasteiger partial charge < -0.3 is 10.3 Å². The van der Waals surface area contributed by atoms with E-state index in [9.17, 15) is 0 Å². The van der Waals surface area contributed by atoms with Gasteiger partial charge in [0.15, 0.2) is 0 Å². The molecule has 6 heteroatoms. The van der Waals surface area contributed by atoms with Crippen molar-refractivity contribution in [3.63, 3.8) is 0 Å². The van der Waals surface area contributed by atoms with E-state index in [2.05, 4.69) is 61.8 Å². The molecule has 2 aromatic carbocycles. The molecule has 5 rings (SSSR count). The highest BCUT2D eigenvalue weighted by Crippen LogP contribution is 2.23. The Hall–Kier alpha value is -3.93. The number of nitrogens with zero attached hydrogens (tertiary/aromatic N) is 4. The molecule has 0 saturated heterocycles. The number of rotatable bonds is 5. The number of aryl methyl sites for hydroxylation is 1. The van der Waals surface area contributed by atoms with Crippen molar-refractivity contribution >= 4 is 16.7 Å². The van der Waals surface area contributed by atoms with Gasteiger partial charge in [0.05, 0.1) is 17.2 Å². The fourth-order valence-corrected chi connectivity index (χ4v) is 3.39. The minimum Gasteiger partial charge on any atom is -0.381 e. The summed E-state index contributed by atoms with van der Waals surface area (Å²) in [7, 11) is 1.93. The number of benzene rings is 2. The van der Waals surface area contributed by atoms with E-state index in [0.717, 1.165) is 40.2 Å². The van der Waals surface area contributed by atoms with E-state index in [1.807, 2.05) is 48.5 Å². The molecule has 0 spiro atoms. The summed E-state index contributed by atoms with van der Waals surface area (Å²) in [6.07, 6.45) is 7.49. The monoisotopic (exact) mass is 380 g/mol. The van der Waals surface area contributed by atoms with Crippen molar-refractivity contribution in [1.29, 1.82) is 0 Å². The third kappa shape index (κ3) is 3.60. The fraction of sp³-hybridized carbons (Fsp3) is 0.0870. The quantitative estimate of drug-likeness (QED) is 0.466. The summed E-state index contributed by atoms with van der Waals surface area (Å²) < 4.78 is 1.82. The Kier molecular flexibility index (Phi) is 4.29. The highest BCUT2D eigenvalue weighted by Gasteiger charge is 2.06. The lowest BCUT2D eigenvalue weighted by Gasteiger charge is -2.08. The standard InChI is InChI=1S/C23H20N6/c1-29-15-19(14-26-29)17-5-2-4-16(10-17)12-25-20-7-8-21-22(11-20)28-23(27-21)18-6-3-9-24-13-18/h2-11,13-15,25H,12H2,1H3,(H,27,28). The Balaban J connectivity index is 1.34. The molecule has 29 heavy (non-hydrogen) atoms. The van der Waals surface area contributed by atoms with E-state index in [1.54, 1.807) is 6.20 Å². The minimum absolute atomic E-state index is 0.739. The lowest BCUT2D eigenvalue weighted by Crippen LogP contribution is -1.99. The van der Waals surface area contributed by atoms with Crippen molar-refractivity contribution in [2.45, 2.75) is 6.54 Å². The molecule has 5 aromatic rings. The third-order valence-corrected chi connectivity index (χ3v) is 4.88. The van der Waals surface area contributed by atoms with E-state index < -0.39 is 0 Å². The highest BCUT2D eigenvalue weighted by molar-refractivity contribution is 5.82. The van der Waals surface area contributed by atoms with Crippen LogP contribution in [0.2, 0.25) is 0 Å². The topological polar surface area (TPSA) is 71.4 Å². The van der Waals surface area contributed by atoms with Crippen LogP contribution in [-0.2, 0) is 13.6 Å². The summed E-state index contributed by atoms with van der Waals surface area (Å²) >= 11 is 0. The van der Waals surface area contributed by atoms with Gasteiger partial charge in [0, 0.05) is 49.0 Å². The zero-order valence-corrected chi connectivity index (χ0v) is 16.0. The summed E-state index contributed by atoms with van der Waals surface area (Å²) in [5.74, 6) is 0.828. The number of pyridine rings is 1. The van der Waals surface area contributed by atoms with Gasteiger partial charge in [-0.2, -0.15) is 5.10 Å². The summed E-state index contributed by atoms with van der Waals surface area (Å²) in [4.78, 5) is 12.2. The lowest BCUT2D eigenvalue weighted by molar-refractivity contribution is 0.768. The van der Waals surface area contributed by atoms with E-state index >= 15 is 0 Å². The minimum atomic E-state index is 0.739. The number of hydrogen-bond donors (Lipinski definition) is 2. The molecule has 0 unspecified atom stereocenters. The Bertz CT molecular complexity index is 1270. The molecule has 6 nitrogen and oxygen atoms in total. The van der Waals surface area contributed by atoms with Crippen LogP contribution in [0.4, 0.5) is 5.69 Å². The second-order valence-electron chi connectivity index (χ2n) is 7.02. The number of aromatic nitrogens is 5. The van der Waals surface area contributed by atoms with Crippen LogP contribution in [0.3, 0.4) is 0 Å². The van der Waals surface area contributed by atoms with Crippen LogP contribution >= 0.6 is 0 Å². The number of aromatic amines is 1. The van der Waals surface area contributed by atoms with Crippen LogP contribution in [0.25, 0.3) is 33.5 Å². The van der Waals surface area contributed by atoms with Crippen LogP contribution in [0.15, 0.2) is 79.4 Å². The second-order valence-corrected chi connectivity index (χ2v) is 7.02. The van der Waals surface area contributed by atoms with Gasteiger partial charge in [0.1, 0.15) is 5.82 Å². The van der Waals surface area contributed by atoms with Crippen molar-refractivity contribution in [1.82, 2.24) is 24.7 Å². The predicted octanol–water partition coefficient (Wildman–Crippen LogP) is 4.64. The summed E-state index contributed by atoms with van der Waals surface area (Å²) in [5.41, 5.74) is 7.47. The maximum Gasteiger partial charge on any atom is 0.140 e. The number of H-pyrrole nitrogens is 1. The second kappa shape index (κ2) is 7.24. The first-order valence-corrected chi connectivity index (χ1v) is 9.47. The van der Waals surface area contributed by atoms with Crippen molar-refractivity contribution < 1.29 is 0 Å². The number of nitrogens with one attached hydrogen (secondary N) is 2. The average Bonchev–Trinajstić information content (AvgIpc) is 3.39. The normalized spacial score (nSPS) is 11.1. The highest BCUT2D eigenvalue weighted by atomic mass is 15.2. The first-order valence-electron chi connectivity index (χ1n) is 9.47. The summed E-state index contributed by atoms with van der Waals surface area (Å²) in [6.45, 7) is 0.739. The van der Waals surface area contributed by atoms with Crippen molar-refractivity contribution in [2.75, 3.05) is 5.32 Å². The summed E-state index contributed by atoms with van der Waals surface area (Å²) in [5, 5.41) is 7.76. The number of anilines is 1. The van der Waals surface area contributed by atoms with Gasteiger partial charge in [-0.1, -0.05) is 18.2 Å². The number of hydrogen-bond acceptors (Lipinski definition) is 4. The molecule has 0 aliphatic carbocycles. The Morgan fingerprint density at radius 1 is 0.966 bits per heavy atom. The average molecular weight is 380 g/mol. The largest absolute Gasteiger partial charge is 0.381 e. The van der Waals surface area contributed by atoms with Gasteiger partial charge in [-0.3, -0.25) is 9.67 Å². The van der Waals surface area contributed by atoms with Gasteiger partial charge in [-0.05, 0) is 47.5 Å².